The number of pyridine rings is 1. The molecule has 6 nitrogen and oxygen atoms in total. The van der Waals surface area contributed by atoms with Crippen LogP contribution >= 0.6 is 0 Å². The molecule has 0 bridgehead atoms. The normalized spacial score (nSPS) is 13.9. The molecule has 1 amide bonds. The molecule has 178 valence electrons. The molecule has 1 saturated heterocycles. The van der Waals surface area contributed by atoms with Crippen molar-refractivity contribution in [3.05, 3.63) is 89.6 Å². The lowest BCUT2D eigenvalue weighted by Crippen LogP contribution is -2.46. The fourth-order valence-corrected chi connectivity index (χ4v) is 4.65. The van der Waals surface area contributed by atoms with Gasteiger partial charge in [0.15, 0.2) is 0 Å². The molecular formula is C27H29BFN5O. The first kappa shape index (κ1) is 23.0. The lowest BCUT2D eigenvalue weighted by molar-refractivity contribution is 0.0944. The topological polar surface area (TPSA) is 52.9 Å². The fraction of sp³-hybridized carbons (Fsp3) is 0.259. The summed E-state index contributed by atoms with van der Waals surface area (Å²) in [5.74, 6) is -0.316. The average molecular weight is 469 g/mol. The third-order valence-corrected chi connectivity index (χ3v) is 6.61. The number of fused-ring (bicyclic) bond motifs is 1. The lowest BCUT2D eigenvalue weighted by atomic mass is 9.99. The van der Waals surface area contributed by atoms with Gasteiger partial charge in [0.25, 0.3) is 5.91 Å². The number of rotatable bonds is 6. The van der Waals surface area contributed by atoms with E-state index in [1.807, 2.05) is 49.6 Å². The van der Waals surface area contributed by atoms with Gasteiger partial charge in [0.1, 0.15) is 25.0 Å². The molecule has 8 heteroatoms. The van der Waals surface area contributed by atoms with E-state index in [-0.39, 0.29) is 11.7 Å². The molecule has 0 aliphatic carbocycles. The molecule has 4 aromatic rings. The van der Waals surface area contributed by atoms with Crippen LogP contribution in [0.15, 0.2) is 66.9 Å². The van der Waals surface area contributed by atoms with Crippen LogP contribution in [0.2, 0.25) is 0 Å². The van der Waals surface area contributed by atoms with Gasteiger partial charge >= 0.3 is 0 Å². The molecule has 1 aliphatic heterocycles. The molecular weight excluding hydrogens is 440 g/mol. The van der Waals surface area contributed by atoms with Crippen LogP contribution < -0.4 is 20.6 Å². The third kappa shape index (κ3) is 4.87. The number of hydrogen-bond donors (Lipinski definition) is 1. The van der Waals surface area contributed by atoms with E-state index in [0.29, 0.717) is 18.7 Å². The van der Waals surface area contributed by atoms with E-state index < -0.39 is 0 Å². The van der Waals surface area contributed by atoms with Crippen LogP contribution in [0.25, 0.3) is 5.65 Å². The SMILES string of the molecule is Bc1ccc2nc(CC)c(C(=O)NCc3ccc(N4CCN(c5ccc(F)cc5)CC4)cc3)n2c1. The van der Waals surface area contributed by atoms with E-state index in [2.05, 4.69) is 44.4 Å². The van der Waals surface area contributed by atoms with Crippen LogP contribution in [-0.4, -0.2) is 49.3 Å². The van der Waals surface area contributed by atoms with E-state index in [0.717, 1.165) is 54.2 Å². The van der Waals surface area contributed by atoms with Gasteiger partial charge in [-0.15, -0.1) is 0 Å². The molecule has 0 unspecified atom stereocenters. The molecule has 2 aromatic heterocycles. The Labute approximate surface area is 205 Å². The zero-order valence-electron chi connectivity index (χ0n) is 20.2. The largest absolute Gasteiger partial charge is 0.368 e. The monoisotopic (exact) mass is 469 g/mol. The Morgan fingerprint density at radius 2 is 1.54 bits per heavy atom. The molecule has 3 heterocycles. The number of nitrogens with one attached hydrogen (secondary N) is 1. The van der Waals surface area contributed by atoms with Crippen LogP contribution in [0.1, 0.15) is 28.7 Å². The maximum atomic E-state index is 13.2. The number of carbonyl (C=O) groups is 1. The van der Waals surface area contributed by atoms with Crippen LogP contribution in [-0.2, 0) is 13.0 Å². The number of piperazine rings is 1. The zero-order chi connectivity index (χ0) is 24.4. The van der Waals surface area contributed by atoms with Crippen molar-refractivity contribution in [3.63, 3.8) is 0 Å². The second kappa shape index (κ2) is 9.82. The molecule has 1 N–H and O–H groups in total. The summed E-state index contributed by atoms with van der Waals surface area (Å²) >= 11 is 0. The number of aromatic nitrogens is 2. The van der Waals surface area contributed by atoms with E-state index in [4.69, 9.17) is 0 Å². The Bertz CT molecular complexity index is 1330. The molecule has 0 radical (unpaired) electrons. The highest BCUT2D eigenvalue weighted by molar-refractivity contribution is 6.32. The van der Waals surface area contributed by atoms with Gasteiger partial charge in [0, 0.05) is 50.3 Å². The second-order valence-corrected chi connectivity index (χ2v) is 8.99. The van der Waals surface area contributed by atoms with Crippen molar-refractivity contribution in [1.29, 1.82) is 0 Å². The second-order valence-electron chi connectivity index (χ2n) is 8.99. The average Bonchev–Trinajstić information content (AvgIpc) is 3.26. The summed E-state index contributed by atoms with van der Waals surface area (Å²) in [5.41, 5.74) is 6.58. The number of anilines is 2. The van der Waals surface area contributed by atoms with Crippen molar-refractivity contribution in [2.24, 2.45) is 0 Å². The van der Waals surface area contributed by atoms with Gasteiger partial charge in [-0.25, -0.2) is 9.37 Å². The number of halogens is 1. The number of carbonyl (C=O) groups excluding carboxylic acids is 1. The number of imidazole rings is 1. The van der Waals surface area contributed by atoms with Crippen molar-refractivity contribution in [2.45, 2.75) is 19.9 Å². The summed E-state index contributed by atoms with van der Waals surface area (Å²) in [7, 11) is 2.01. The number of amides is 1. The quantitative estimate of drug-likeness (QED) is 0.441. The zero-order valence-corrected chi connectivity index (χ0v) is 20.2. The summed E-state index contributed by atoms with van der Waals surface area (Å²) in [6.07, 6.45) is 2.66. The van der Waals surface area contributed by atoms with E-state index >= 15 is 0 Å². The number of hydrogen-bond acceptors (Lipinski definition) is 4. The summed E-state index contributed by atoms with van der Waals surface area (Å²) in [6.45, 7) is 6.06. The van der Waals surface area contributed by atoms with E-state index in [1.54, 1.807) is 0 Å². The summed E-state index contributed by atoms with van der Waals surface area (Å²) in [6, 6.07) is 19.0. The maximum absolute atomic E-state index is 13.2. The first-order valence-electron chi connectivity index (χ1n) is 12.1. The highest BCUT2D eigenvalue weighted by Gasteiger charge is 2.19. The van der Waals surface area contributed by atoms with Crippen LogP contribution in [0, 0.1) is 5.82 Å². The van der Waals surface area contributed by atoms with Crippen molar-refractivity contribution in [1.82, 2.24) is 14.7 Å². The standard InChI is InChI=1S/C27H29BFN5O/c1-2-24-26(34-18-20(28)5-12-25(34)31-24)27(35)30-17-19-3-8-22(9-4-19)32-13-15-33(16-14-32)23-10-6-21(29)7-11-23/h3-12,18H,2,13-17,28H2,1H3,(H,30,35). The minimum Gasteiger partial charge on any atom is -0.368 e. The minimum absolute atomic E-state index is 0.110. The molecule has 35 heavy (non-hydrogen) atoms. The van der Waals surface area contributed by atoms with Gasteiger partial charge in [-0.2, -0.15) is 0 Å². The molecule has 0 atom stereocenters. The fourth-order valence-electron chi connectivity index (χ4n) is 4.65. The Balaban J connectivity index is 1.20. The van der Waals surface area contributed by atoms with Crippen molar-refractivity contribution < 1.29 is 9.18 Å². The first-order chi connectivity index (χ1) is 17.0. The summed E-state index contributed by atoms with van der Waals surface area (Å²) < 4.78 is 15.1. The number of aryl methyl sites for hydroxylation is 1. The van der Waals surface area contributed by atoms with Crippen molar-refractivity contribution >= 4 is 36.2 Å². The smallest absolute Gasteiger partial charge is 0.270 e. The first-order valence-corrected chi connectivity index (χ1v) is 12.1. The Kier molecular flexibility index (Phi) is 6.44. The predicted molar refractivity (Wildman–Crippen MR) is 141 cm³/mol. The molecule has 1 fully saturated rings. The van der Waals surface area contributed by atoms with Crippen LogP contribution in [0.5, 0.6) is 0 Å². The van der Waals surface area contributed by atoms with Gasteiger partial charge in [-0.3, -0.25) is 9.20 Å². The molecule has 0 spiro atoms. The lowest BCUT2D eigenvalue weighted by Gasteiger charge is -2.37. The molecule has 5 rings (SSSR count). The predicted octanol–water partition coefficient (Wildman–Crippen LogP) is 2.55. The van der Waals surface area contributed by atoms with Crippen molar-refractivity contribution in [2.75, 3.05) is 36.0 Å². The molecule has 0 saturated carbocycles. The summed E-state index contributed by atoms with van der Waals surface area (Å²) in [4.78, 5) is 22.3. The van der Waals surface area contributed by atoms with Gasteiger partial charge in [0.05, 0.1) is 5.69 Å². The van der Waals surface area contributed by atoms with Crippen LogP contribution in [0.4, 0.5) is 15.8 Å². The van der Waals surface area contributed by atoms with Gasteiger partial charge in [-0.05, 0) is 54.4 Å². The number of nitrogens with zero attached hydrogens (tertiary/aromatic N) is 4. The van der Waals surface area contributed by atoms with Gasteiger partial charge in [-0.1, -0.05) is 30.6 Å². The summed E-state index contributed by atoms with van der Waals surface area (Å²) in [5, 5.41) is 3.07. The highest BCUT2D eigenvalue weighted by Crippen LogP contribution is 2.21. The third-order valence-electron chi connectivity index (χ3n) is 6.61. The van der Waals surface area contributed by atoms with E-state index in [9.17, 15) is 9.18 Å². The number of benzene rings is 2. The Hall–Kier alpha value is -3.81. The van der Waals surface area contributed by atoms with Crippen LogP contribution in [0.3, 0.4) is 0 Å². The van der Waals surface area contributed by atoms with Gasteiger partial charge in [0.2, 0.25) is 0 Å². The Morgan fingerprint density at radius 3 is 2.14 bits per heavy atom. The van der Waals surface area contributed by atoms with Crippen molar-refractivity contribution in [3.8, 4) is 0 Å². The minimum atomic E-state index is -0.205. The Morgan fingerprint density at radius 1 is 0.943 bits per heavy atom. The van der Waals surface area contributed by atoms with E-state index in [1.165, 1.54) is 17.8 Å². The molecule has 2 aromatic carbocycles. The maximum Gasteiger partial charge on any atom is 0.270 e. The van der Waals surface area contributed by atoms with Gasteiger partial charge < -0.3 is 15.1 Å². The highest BCUT2D eigenvalue weighted by atomic mass is 19.1. The molecule has 1 aliphatic rings.